The summed E-state index contributed by atoms with van der Waals surface area (Å²) in [7, 11) is 1.64. The molecule has 2 aromatic carbocycles. The van der Waals surface area contributed by atoms with Crippen LogP contribution in [0.1, 0.15) is 23.8 Å². The van der Waals surface area contributed by atoms with Gasteiger partial charge in [0.2, 0.25) is 11.0 Å². The Balaban J connectivity index is 1.16. The minimum Gasteiger partial charge on any atom is -0.497 e. The molecule has 5 rings (SSSR count). The first-order chi connectivity index (χ1) is 16.2. The van der Waals surface area contributed by atoms with Crippen molar-refractivity contribution in [2.75, 3.05) is 31.3 Å². The minimum atomic E-state index is 0.142. The number of fused-ring (bicyclic) bond motifs is 1. The lowest BCUT2D eigenvalue weighted by Gasteiger charge is -2.31. The molecule has 33 heavy (non-hydrogen) atoms. The number of rotatable bonds is 7. The van der Waals surface area contributed by atoms with Gasteiger partial charge in [-0.3, -0.25) is 4.79 Å². The molecule has 2 aromatic heterocycles. The van der Waals surface area contributed by atoms with E-state index in [9.17, 15) is 4.79 Å². The standard InChI is InChI=1S/C23H23N5O2S3/c1-30-17-8-4-7-16(12-17)24-22-26-27-23(33-22)31-14-20(29)28-11-5-6-15(13-28)21-25-18-9-2-3-10-19(18)32-21/h2-4,7-10,12,15H,5-6,11,13-14H2,1H3,(H,24,26)/t15-/m1/s1. The Morgan fingerprint density at radius 1 is 1.21 bits per heavy atom. The highest BCUT2D eigenvalue weighted by molar-refractivity contribution is 8.01. The van der Waals surface area contributed by atoms with Gasteiger partial charge in [0, 0.05) is 30.8 Å². The molecule has 1 aliphatic heterocycles. The van der Waals surface area contributed by atoms with Gasteiger partial charge in [0.25, 0.3) is 0 Å². The lowest BCUT2D eigenvalue weighted by Crippen LogP contribution is -2.40. The molecule has 0 aliphatic carbocycles. The van der Waals surface area contributed by atoms with E-state index >= 15 is 0 Å². The number of para-hydroxylation sites is 1. The van der Waals surface area contributed by atoms with E-state index in [2.05, 4.69) is 27.6 Å². The van der Waals surface area contributed by atoms with Gasteiger partial charge < -0.3 is 15.0 Å². The zero-order chi connectivity index (χ0) is 22.6. The Morgan fingerprint density at radius 2 is 2.12 bits per heavy atom. The Hall–Kier alpha value is -2.69. The average molecular weight is 498 g/mol. The van der Waals surface area contributed by atoms with Gasteiger partial charge in [-0.2, -0.15) is 0 Å². The number of likely N-dealkylation sites (tertiary alicyclic amines) is 1. The van der Waals surface area contributed by atoms with Crippen molar-refractivity contribution in [2.45, 2.75) is 23.1 Å². The summed E-state index contributed by atoms with van der Waals surface area (Å²) in [5, 5.41) is 13.5. The molecule has 0 bridgehead atoms. The molecule has 1 atom stereocenters. The van der Waals surface area contributed by atoms with E-state index < -0.39 is 0 Å². The summed E-state index contributed by atoms with van der Waals surface area (Å²) in [5.41, 5.74) is 1.93. The average Bonchev–Trinajstić information content (AvgIpc) is 3.49. The second-order valence-electron chi connectivity index (χ2n) is 7.72. The fraction of sp³-hybridized carbons (Fsp3) is 0.304. The lowest BCUT2D eigenvalue weighted by molar-refractivity contribution is -0.129. The summed E-state index contributed by atoms with van der Waals surface area (Å²) in [4.78, 5) is 19.7. The van der Waals surface area contributed by atoms with Crippen LogP contribution in [0.3, 0.4) is 0 Å². The van der Waals surface area contributed by atoms with Gasteiger partial charge in [-0.1, -0.05) is 41.3 Å². The molecule has 0 spiro atoms. The first-order valence-corrected chi connectivity index (χ1v) is 13.3. The number of nitrogens with zero attached hydrogens (tertiary/aromatic N) is 4. The van der Waals surface area contributed by atoms with Crippen molar-refractivity contribution in [1.82, 2.24) is 20.1 Å². The Bertz CT molecular complexity index is 1220. The highest BCUT2D eigenvalue weighted by Gasteiger charge is 2.27. The van der Waals surface area contributed by atoms with Crippen molar-refractivity contribution < 1.29 is 9.53 Å². The third kappa shape index (κ3) is 5.29. The summed E-state index contributed by atoms with van der Waals surface area (Å²) in [5.74, 6) is 1.59. The molecule has 10 heteroatoms. The van der Waals surface area contributed by atoms with Crippen LogP contribution in [0.25, 0.3) is 10.2 Å². The number of carbonyl (C=O) groups excluding carboxylic acids is 1. The normalized spacial score (nSPS) is 16.2. The van der Waals surface area contributed by atoms with Gasteiger partial charge in [-0.25, -0.2) is 4.98 Å². The predicted octanol–water partition coefficient (Wildman–Crippen LogP) is 5.40. The molecule has 4 aromatic rings. The third-order valence-corrected chi connectivity index (χ3v) is 8.64. The van der Waals surface area contributed by atoms with Crippen LogP contribution in [-0.2, 0) is 4.79 Å². The zero-order valence-electron chi connectivity index (χ0n) is 18.1. The number of hydrogen-bond donors (Lipinski definition) is 1. The monoisotopic (exact) mass is 497 g/mol. The van der Waals surface area contributed by atoms with E-state index in [4.69, 9.17) is 9.72 Å². The number of amides is 1. The maximum Gasteiger partial charge on any atom is 0.233 e. The molecular formula is C23H23N5O2S3. The number of carbonyl (C=O) groups is 1. The number of thioether (sulfide) groups is 1. The van der Waals surface area contributed by atoms with E-state index in [1.165, 1.54) is 27.8 Å². The van der Waals surface area contributed by atoms with Gasteiger partial charge in [0.15, 0.2) is 4.34 Å². The summed E-state index contributed by atoms with van der Waals surface area (Å²) in [6.07, 6.45) is 2.08. The topological polar surface area (TPSA) is 80.2 Å². The quantitative estimate of drug-likeness (QED) is 0.343. The smallest absolute Gasteiger partial charge is 0.233 e. The van der Waals surface area contributed by atoms with Crippen LogP contribution in [0.4, 0.5) is 10.8 Å². The van der Waals surface area contributed by atoms with E-state index in [-0.39, 0.29) is 5.91 Å². The van der Waals surface area contributed by atoms with Gasteiger partial charge in [0.05, 0.1) is 28.1 Å². The number of hydrogen-bond acceptors (Lipinski definition) is 9. The van der Waals surface area contributed by atoms with E-state index in [1.54, 1.807) is 18.4 Å². The van der Waals surface area contributed by atoms with Crippen LogP contribution in [0, 0.1) is 0 Å². The molecule has 1 fully saturated rings. The second-order valence-corrected chi connectivity index (χ2v) is 11.0. The molecule has 0 radical (unpaired) electrons. The van der Waals surface area contributed by atoms with Crippen LogP contribution in [0.2, 0.25) is 0 Å². The summed E-state index contributed by atoms with van der Waals surface area (Å²) >= 11 is 4.63. The number of piperidine rings is 1. The predicted molar refractivity (Wildman–Crippen MR) is 135 cm³/mol. The van der Waals surface area contributed by atoms with E-state index in [1.807, 2.05) is 41.3 Å². The van der Waals surface area contributed by atoms with Crippen molar-refractivity contribution in [3.05, 3.63) is 53.5 Å². The molecular weight excluding hydrogens is 474 g/mol. The number of thiazole rings is 1. The zero-order valence-corrected chi connectivity index (χ0v) is 20.5. The highest BCUT2D eigenvalue weighted by atomic mass is 32.2. The number of nitrogens with one attached hydrogen (secondary N) is 1. The summed E-state index contributed by atoms with van der Waals surface area (Å²) in [6, 6.07) is 15.9. The molecule has 1 amide bonds. The molecule has 3 heterocycles. The first kappa shape index (κ1) is 22.1. The maximum atomic E-state index is 12.9. The first-order valence-electron chi connectivity index (χ1n) is 10.7. The fourth-order valence-corrected chi connectivity index (χ4v) is 6.60. The van der Waals surface area contributed by atoms with Crippen molar-refractivity contribution in [2.24, 2.45) is 0 Å². The summed E-state index contributed by atoms with van der Waals surface area (Å²) < 4.78 is 7.23. The molecule has 1 N–H and O–H groups in total. The number of ether oxygens (including phenoxy) is 1. The molecule has 1 saturated heterocycles. The van der Waals surface area contributed by atoms with Gasteiger partial charge in [0.1, 0.15) is 5.75 Å². The SMILES string of the molecule is COc1cccc(Nc2nnc(SCC(=O)N3CCC[C@@H](c4nc5ccccc5s4)C3)s2)c1. The van der Waals surface area contributed by atoms with Gasteiger partial charge in [-0.15, -0.1) is 21.5 Å². The van der Waals surface area contributed by atoms with Crippen molar-refractivity contribution >= 4 is 61.4 Å². The summed E-state index contributed by atoms with van der Waals surface area (Å²) in [6.45, 7) is 1.54. The lowest BCUT2D eigenvalue weighted by atomic mass is 9.99. The Labute approximate surface area is 204 Å². The third-order valence-electron chi connectivity index (χ3n) is 5.48. The van der Waals surface area contributed by atoms with Crippen LogP contribution >= 0.6 is 34.4 Å². The van der Waals surface area contributed by atoms with Gasteiger partial charge in [-0.05, 0) is 37.1 Å². The molecule has 7 nitrogen and oxygen atoms in total. The largest absolute Gasteiger partial charge is 0.497 e. The molecule has 0 unspecified atom stereocenters. The number of benzene rings is 2. The number of anilines is 2. The Morgan fingerprint density at radius 3 is 3.00 bits per heavy atom. The van der Waals surface area contributed by atoms with E-state index in [0.29, 0.717) is 16.8 Å². The number of aromatic nitrogens is 3. The molecule has 1 aliphatic rings. The van der Waals surface area contributed by atoms with Crippen molar-refractivity contribution in [3.8, 4) is 5.75 Å². The fourth-order valence-electron chi connectivity index (χ4n) is 3.83. The van der Waals surface area contributed by atoms with Crippen molar-refractivity contribution in [1.29, 1.82) is 0 Å². The van der Waals surface area contributed by atoms with Crippen LogP contribution in [0.5, 0.6) is 5.75 Å². The second kappa shape index (κ2) is 10.1. The molecule has 170 valence electrons. The van der Waals surface area contributed by atoms with Gasteiger partial charge >= 0.3 is 0 Å². The van der Waals surface area contributed by atoms with Crippen LogP contribution in [0.15, 0.2) is 52.9 Å². The number of methoxy groups -OCH3 is 1. The molecule has 0 saturated carbocycles. The minimum absolute atomic E-state index is 0.142. The van der Waals surface area contributed by atoms with Crippen LogP contribution in [-0.4, -0.2) is 51.9 Å². The van der Waals surface area contributed by atoms with E-state index in [0.717, 1.165) is 52.2 Å². The Kier molecular flexibility index (Phi) is 6.75. The van der Waals surface area contributed by atoms with Crippen LogP contribution < -0.4 is 10.1 Å². The van der Waals surface area contributed by atoms with Crippen molar-refractivity contribution in [3.63, 3.8) is 0 Å². The maximum absolute atomic E-state index is 12.9. The highest BCUT2D eigenvalue weighted by Crippen LogP contribution is 2.34.